The fourth-order valence-electron chi connectivity index (χ4n) is 4.29. The number of carbonyl (C=O) groups is 1. The standard InChI is InChI=1S/C22H22N2OS2/c1-13-23-21(20-17-7-2-3-8-19(17)27-22(20)24-13)26-12-18(25)16-10-9-14-5-4-6-15(14)11-16/h9-11H,2-8,12H2,1H3. The van der Waals surface area contributed by atoms with E-state index in [1.54, 1.807) is 11.8 Å². The average molecular weight is 395 g/mol. The molecule has 5 rings (SSSR count). The molecule has 2 aromatic heterocycles. The molecular formula is C22H22N2OS2. The highest BCUT2D eigenvalue weighted by Crippen LogP contribution is 2.39. The van der Waals surface area contributed by atoms with Crippen molar-refractivity contribution < 1.29 is 4.79 Å². The zero-order chi connectivity index (χ0) is 18.4. The fraction of sp³-hybridized carbons (Fsp3) is 0.409. The third-order valence-corrected chi connectivity index (χ3v) is 7.81. The third kappa shape index (κ3) is 3.21. The number of ketones is 1. The summed E-state index contributed by atoms with van der Waals surface area (Å²) in [6, 6.07) is 6.25. The van der Waals surface area contributed by atoms with E-state index in [1.165, 1.54) is 46.2 Å². The first kappa shape index (κ1) is 17.4. The Morgan fingerprint density at radius 2 is 1.93 bits per heavy atom. The second kappa shape index (κ2) is 7.02. The summed E-state index contributed by atoms with van der Waals surface area (Å²) >= 11 is 3.41. The van der Waals surface area contributed by atoms with Crippen LogP contribution in [0.3, 0.4) is 0 Å². The van der Waals surface area contributed by atoms with Gasteiger partial charge in [0.15, 0.2) is 5.78 Å². The Bertz CT molecular complexity index is 1050. The van der Waals surface area contributed by atoms with Gasteiger partial charge in [-0.05, 0) is 74.6 Å². The van der Waals surface area contributed by atoms with Crippen molar-refractivity contribution in [1.29, 1.82) is 0 Å². The number of hydrogen-bond donors (Lipinski definition) is 0. The highest BCUT2D eigenvalue weighted by atomic mass is 32.2. The zero-order valence-electron chi connectivity index (χ0n) is 15.5. The average Bonchev–Trinajstić information content (AvgIpc) is 3.28. The summed E-state index contributed by atoms with van der Waals surface area (Å²) in [4.78, 5) is 24.8. The van der Waals surface area contributed by atoms with Crippen LogP contribution in [0.25, 0.3) is 10.2 Å². The maximum absolute atomic E-state index is 12.8. The molecule has 0 aliphatic heterocycles. The second-order valence-electron chi connectivity index (χ2n) is 7.52. The second-order valence-corrected chi connectivity index (χ2v) is 9.56. The number of aryl methyl sites for hydroxylation is 5. The summed E-state index contributed by atoms with van der Waals surface area (Å²) in [5.74, 6) is 1.44. The Balaban J connectivity index is 1.43. The number of aromatic nitrogens is 2. The van der Waals surface area contributed by atoms with Gasteiger partial charge in [0.25, 0.3) is 0 Å². The zero-order valence-corrected chi connectivity index (χ0v) is 17.1. The molecule has 0 saturated heterocycles. The molecule has 0 radical (unpaired) electrons. The van der Waals surface area contributed by atoms with E-state index >= 15 is 0 Å². The van der Waals surface area contributed by atoms with Gasteiger partial charge in [-0.3, -0.25) is 4.79 Å². The van der Waals surface area contributed by atoms with Crippen molar-refractivity contribution in [3.63, 3.8) is 0 Å². The lowest BCUT2D eigenvalue weighted by molar-refractivity contribution is 0.102. The topological polar surface area (TPSA) is 42.9 Å². The Labute approximate surface area is 167 Å². The van der Waals surface area contributed by atoms with E-state index in [4.69, 9.17) is 4.98 Å². The maximum Gasteiger partial charge on any atom is 0.173 e. The van der Waals surface area contributed by atoms with Crippen LogP contribution in [-0.2, 0) is 25.7 Å². The van der Waals surface area contributed by atoms with Crippen molar-refractivity contribution in [2.75, 3.05) is 5.75 Å². The van der Waals surface area contributed by atoms with E-state index in [0.717, 1.165) is 46.9 Å². The molecule has 3 nitrogen and oxygen atoms in total. The largest absolute Gasteiger partial charge is 0.293 e. The number of hydrogen-bond acceptors (Lipinski definition) is 5. The summed E-state index contributed by atoms with van der Waals surface area (Å²) in [6.45, 7) is 1.95. The van der Waals surface area contributed by atoms with Crippen molar-refractivity contribution in [1.82, 2.24) is 9.97 Å². The molecule has 0 atom stereocenters. The summed E-state index contributed by atoms with van der Waals surface area (Å²) < 4.78 is 0. The quantitative estimate of drug-likeness (QED) is 0.340. The van der Waals surface area contributed by atoms with Crippen molar-refractivity contribution in [3.8, 4) is 0 Å². The molecule has 5 heteroatoms. The summed E-state index contributed by atoms with van der Waals surface area (Å²) in [5.41, 5.74) is 5.06. The van der Waals surface area contributed by atoms with E-state index in [2.05, 4.69) is 17.1 Å². The monoisotopic (exact) mass is 394 g/mol. The van der Waals surface area contributed by atoms with Crippen LogP contribution in [0.2, 0.25) is 0 Å². The van der Waals surface area contributed by atoms with Gasteiger partial charge in [-0.25, -0.2) is 9.97 Å². The number of thioether (sulfide) groups is 1. The highest BCUT2D eigenvalue weighted by molar-refractivity contribution is 8.00. The molecule has 0 spiro atoms. The number of Topliss-reactive ketones (excluding diaryl/α,β-unsaturated/α-hetero) is 1. The van der Waals surface area contributed by atoms with Crippen molar-refractivity contribution >= 4 is 39.1 Å². The van der Waals surface area contributed by atoms with Gasteiger partial charge in [-0.2, -0.15) is 0 Å². The van der Waals surface area contributed by atoms with E-state index in [0.29, 0.717) is 5.75 Å². The predicted octanol–water partition coefficient (Wildman–Crippen LogP) is 5.34. The minimum atomic E-state index is 0.197. The molecule has 0 amide bonds. The molecule has 0 fully saturated rings. The van der Waals surface area contributed by atoms with Crippen molar-refractivity contribution in [2.24, 2.45) is 0 Å². The van der Waals surface area contributed by atoms with Crippen LogP contribution >= 0.6 is 23.1 Å². The van der Waals surface area contributed by atoms with Crippen molar-refractivity contribution in [3.05, 3.63) is 51.2 Å². The van der Waals surface area contributed by atoms with Crippen LogP contribution in [0, 0.1) is 6.92 Å². The van der Waals surface area contributed by atoms with Gasteiger partial charge in [0.2, 0.25) is 0 Å². The molecule has 0 saturated carbocycles. The fourth-order valence-corrected chi connectivity index (χ4v) is 6.66. The number of nitrogens with zero attached hydrogens (tertiary/aromatic N) is 2. The van der Waals surface area contributed by atoms with E-state index in [1.807, 2.05) is 24.3 Å². The molecule has 1 aromatic carbocycles. The Kier molecular flexibility index (Phi) is 4.52. The van der Waals surface area contributed by atoms with Gasteiger partial charge in [-0.15, -0.1) is 11.3 Å². The SMILES string of the molecule is Cc1nc(SCC(=O)c2ccc3c(c2)CCC3)c2c3c(sc2n1)CCCC3. The molecule has 2 heterocycles. The summed E-state index contributed by atoms with van der Waals surface area (Å²) in [6.07, 6.45) is 8.26. The third-order valence-electron chi connectivity index (χ3n) is 5.65. The van der Waals surface area contributed by atoms with Gasteiger partial charge in [-0.1, -0.05) is 23.9 Å². The predicted molar refractivity (Wildman–Crippen MR) is 112 cm³/mol. The van der Waals surface area contributed by atoms with Gasteiger partial charge >= 0.3 is 0 Å². The van der Waals surface area contributed by atoms with Gasteiger partial charge in [0.05, 0.1) is 5.75 Å². The minimum absolute atomic E-state index is 0.197. The number of fused-ring (bicyclic) bond motifs is 4. The van der Waals surface area contributed by atoms with Crippen LogP contribution in [-0.4, -0.2) is 21.5 Å². The molecule has 2 aliphatic rings. The van der Waals surface area contributed by atoms with Crippen LogP contribution < -0.4 is 0 Å². The minimum Gasteiger partial charge on any atom is -0.293 e. The van der Waals surface area contributed by atoms with Crippen LogP contribution in [0.5, 0.6) is 0 Å². The van der Waals surface area contributed by atoms with E-state index < -0.39 is 0 Å². The van der Waals surface area contributed by atoms with E-state index in [-0.39, 0.29) is 5.78 Å². The highest BCUT2D eigenvalue weighted by Gasteiger charge is 2.21. The first-order chi connectivity index (χ1) is 13.2. The van der Waals surface area contributed by atoms with Crippen LogP contribution in [0.4, 0.5) is 0 Å². The van der Waals surface area contributed by atoms with Gasteiger partial charge in [0, 0.05) is 15.8 Å². The molecule has 0 unspecified atom stereocenters. The molecule has 138 valence electrons. The van der Waals surface area contributed by atoms with Gasteiger partial charge in [0.1, 0.15) is 15.7 Å². The van der Waals surface area contributed by atoms with Gasteiger partial charge < -0.3 is 0 Å². The molecule has 27 heavy (non-hydrogen) atoms. The lowest BCUT2D eigenvalue weighted by Gasteiger charge is -2.11. The smallest absolute Gasteiger partial charge is 0.173 e. The number of carbonyl (C=O) groups excluding carboxylic acids is 1. The lowest BCUT2D eigenvalue weighted by Crippen LogP contribution is -2.05. The Morgan fingerprint density at radius 1 is 1.07 bits per heavy atom. The Morgan fingerprint density at radius 3 is 2.85 bits per heavy atom. The Hall–Kier alpha value is -1.72. The molecular weight excluding hydrogens is 372 g/mol. The molecule has 0 N–H and O–H groups in total. The number of thiophene rings is 1. The normalized spacial score (nSPS) is 15.7. The van der Waals surface area contributed by atoms with Crippen molar-refractivity contribution in [2.45, 2.75) is 56.9 Å². The first-order valence-electron chi connectivity index (χ1n) is 9.76. The maximum atomic E-state index is 12.8. The molecule has 0 bridgehead atoms. The number of benzene rings is 1. The lowest BCUT2D eigenvalue weighted by atomic mass is 9.97. The number of rotatable bonds is 4. The molecule has 2 aliphatic carbocycles. The van der Waals surface area contributed by atoms with Crippen LogP contribution in [0.15, 0.2) is 23.2 Å². The van der Waals surface area contributed by atoms with E-state index in [9.17, 15) is 4.79 Å². The summed E-state index contributed by atoms with van der Waals surface area (Å²) in [5, 5.41) is 2.21. The first-order valence-corrected chi connectivity index (χ1v) is 11.6. The summed E-state index contributed by atoms with van der Waals surface area (Å²) in [7, 11) is 0. The van der Waals surface area contributed by atoms with Crippen LogP contribution in [0.1, 0.15) is 57.0 Å². The molecule has 3 aromatic rings.